The van der Waals surface area contributed by atoms with E-state index in [1.807, 2.05) is 7.11 Å². The summed E-state index contributed by atoms with van der Waals surface area (Å²) in [6.07, 6.45) is 7.12. The van der Waals surface area contributed by atoms with Crippen LogP contribution in [-0.2, 0) is 23.4 Å². The molecule has 1 aliphatic heterocycles. The van der Waals surface area contributed by atoms with Gasteiger partial charge < -0.3 is 10.1 Å². The van der Waals surface area contributed by atoms with Crippen LogP contribution in [0.3, 0.4) is 0 Å². The highest BCUT2D eigenvalue weighted by molar-refractivity contribution is 5.32. The molecule has 4 nitrogen and oxygen atoms in total. The predicted octanol–water partition coefficient (Wildman–Crippen LogP) is 3.40. The molecule has 1 aromatic rings. The van der Waals surface area contributed by atoms with Crippen LogP contribution < -0.4 is 5.32 Å². The summed E-state index contributed by atoms with van der Waals surface area (Å²) in [4.78, 5) is 9.88. The normalized spacial score (nSPS) is 21.3. The van der Waals surface area contributed by atoms with Gasteiger partial charge in [-0.3, -0.25) is 0 Å². The average molecular weight is 289 g/mol. The molecule has 1 N–H and O–H groups in total. The lowest BCUT2D eigenvalue weighted by Gasteiger charge is -2.31. The van der Waals surface area contributed by atoms with E-state index in [2.05, 4.69) is 19.2 Å². The molecule has 1 aliphatic carbocycles. The molecule has 2 heterocycles. The highest BCUT2D eigenvalue weighted by atomic mass is 16.5. The number of rotatable bonds is 3. The molecule has 1 saturated carbocycles. The molecule has 21 heavy (non-hydrogen) atoms. The van der Waals surface area contributed by atoms with Crippen molar-refractivity contribution in [2.75, 3.05) is 7.11 Å². The van der Waals surface area contributed by atoms with Crippen LogP contribution in [0.4, 0.5) is 0 Å². The molecule has 0 radical (unpaired) electrons. The number of nitrogens with one attached hydrogen (secondary N) is 1. The van der Waals surface area contributed by atoms with Crippen LogP contribution in [-0.4, -0.2) is 17.1 Å². The van der Waals surface area contributed by atoms with Gasteiger partial charge >= 0.3 is 0 Å². The molecule has 116 valence electrons. The van der Waals surface area contributed by atoms with Crippen molar-refractivity contribution >= 4 is 0 Å². The third-order valence-corrected chi connectivity index (χ3v) is 4.98. The third kappa shape index (κ3) is 2.71. The number of aromatic nitrogens is 2. The lowest BCUT2D eigenvalue weighted by molar-refractivity contribution is -0.0355. The van der Waals surface area contributed by atoms with E-state index in [-0.39, 0.29) is 5.60 Å². The Kier molecular flexibility index (Phi) is 4.27. The number of hydrogen-bond donors (Lipinski definition) is 1. The Balaban J connectivity index is 2.06. The predicted molar refractivity (Wildman–Crippen MR) is 83.1 cm³/mol. The fourth-order valence-corrected chi connectivity index (χ4v) is 3.69. The molecule has 0 bridgehead atoms. The summed E-state index contributed by atoms with van der Waals surface area (Å²) in [6, 6.07) is 0. The second-order valence-electron chi connectivity index (χ2n) is 6.73. The summed E-state index contributed by atoms with van der Waals surface area (Å²) < 4.78 is 5.99. The van der Waals surface area contributed by atoms with E-state index in [0.29, 0.717) is 5.92 Å². The van der Waals surface area contributed by atoms with Gasteiger partial charge in [0.05, 0.1) is 11.4 Å². The van der Waals surface area contributed by atoms with E-state index in [4.69, 9.17) is 14.7 Å². The lowest BCUT2D eigenvalue weighted by atomic mass is 9.92. The first-order valence-corrected chi connectivity index (χ1v) is 8.32. The first kappa shape index (κ1) is 14.9. The third-order valence-electron chi connectivity index (χ3n) is 4.98. The van der Waals surface area contributed by atoms with Crippen LogP contribution in [0.1, 0.15) is 81.1 Å². The zero-order chi connectivity index (χ0) is 14.9. The summed E-state index contributed by atoms with van der Waals surface area (Å²) >= 11 is 0. The van der Waals surface area contributed by atoms with Crippen LogP contribution in [0.5, 0.6) is 0 Å². The Hall–Kier alpha value is -1.00. The number of nitrogens with zero attached hydrogens (tertiary/aromatic N) is 2. The molecule has 0 atom stereocenters. The number of ether oxygens (including phenoxy) is 1. The fourth-order valence-electron chi connectivity index (χ4n) is 3.69. The summed E-state index contributed by atoms with van der Waals surface area (Å²) in [7, 11) is 1.83. The maximum Gasteiger partial charge on any atom is 0.160 e. The Morgan fingerprint density at radius 3 is 2.38 bits per heavy atom. The van der Waals surface area contributed by atoms with E-state index in [0.717, 1.165) is 31.8 Å². The van der Waals surface area contributed by atoms with E-state index >= 15 is 0 Å². The van der Waals surface area contributed by atoms with E-state index in [9.17, 15) is 0 Å². The quantitative estimate of drug-likeness (QED) is 0.866. The molecule has 0 spiro atoms. The topological polar surface area (TPSA) is 47.0 Å². The number of fused-ring (bicyclic) bond motifs is 1. The van der Waals surface area contributed by atoms with Crippen molar-refractivity contribution in [3.8, 4) is 0 Å². The van der Waals surface area contributed by atoms with Crippen molar-refractivity contribution in [1.29, 1.82) is 0 Å². The van der Waals surface area contributed by atoms with Crippen LogP contribution in [0.2, 0.25) is 0 Å². The minimum Gasteiger partial charge on any atom is -0.370 e. The van der Waals surface area contributed by atoms with Gasteiger partial charge in [0.1, 0.15) is 5.60 Å². The van der Waals surface area contributed by atoms with Gasteiger partial charge in [-0.05, 0) is 18.8 Å². The van der Waals surface area contributed by atoms with Gasteiger partial charge in [0.25, 0.3) is 0 Å². The minimum absolute atomic E-state index is 0.266. The van der Waals surface area contributed by atoms with Crippen molar-refractivity contribution < 1.29 is 4.74 Å². The standard InChI is InChI=1S/C17H27N3O/c1-12(2)15-13-10-18-11-14(13)19-16(20-15)17(21-3)8-6-4-5-7-9-17/h12,18H,4-11H2,1-3H3. The van der Waals surface area contributed by atoms with Crippen LogP contribution >= 0.6 is 0 Å². The van der Waals surface area contributed by atoms with Crippen molar-refractivity contribution in [2.45, 2.75) is 77.0 Å². The van der Waals surface area contributed by atoms with E-state index < -0.39 is 0 Å². The maximum atomic E-state index is 5.99. The van der Waals surface area contributed by atoms with E-state index in [1.54, 1.807) is 0 Å². The van der Waals surface area contributed by atoms with Gasteiger partial charge in [-0.2, -0.15) is 0 Å². The lowest BCUT2D eigenvalue weighted by Crippen LogP contribution is -2.31. The van der Waals surface area contributed by atoms with Crippen molar-refractivity contribution in [3.05, 3.63) is 22.8 Å². The Bertz CT molecular complexity index is 505. The summed E-state index contributed by atoms with van der Waals surface area (Å²) in [5, 5.41) is 3.41. The molecule has 1 aromatic heterocycles. The molecule has 2 aliphatic rings. The van der Waals surface area contributed by atoms with Gasteiger partial charge in [-0.15, -0.1) is 0 Å². The average Bonchev–Trinajstić information content (AvgIpc) is 2.82. The second-order valence-corrected chi connectivity index (χ2v) is 6.73. The van der Waals surface area contributed by atoms with E-state index in [1.165, 1.54) is 42.6 Å². The molecule has 0 saturated heterocycles. The Labute approximate surface area is 127 Å². The second kappa shape index (κ2) is 6.01. The monoisotopic (exact) mass is 289 g/mol. The Morgan fingerprint density at radius 1 is 1.05 bits per heavy atom. The van der Waals surface area contributed by atoms with Gasteiger partial charge in [0.2, 0.25) is 0 Å². The zero-order valence-corrected chi connectivity index (χ0v) is 13.5. The van der Waals surface area contributed by atoms with Crippen LogP contribution in [0.15, 0.2) is 0 Å². The highest BCUT2D eigenvalue weighted by Crippen LogP contribution is 2.38. The Morgan fingerprint density at radius 2 is 1.76 bits per heavy atom. The van der Waals surface area contributed by atoms with Gasteiger partial charge in [-0.25, -0.2) is 9.97 Å². The SMILES string of the molecule is COC1(c2nc3c(c(C(C)C)n2)CNC3)CCCCCC1. The van der Waals surface area contributed by atoms with Crippen molar-refractivity contribution in [1.82, 2.24) is 15.3 Å². The van der Waals surface area contributed by atoms with Crippen molar-refractivity contribution in [3.63, 3.8) is 0 Å². The zero-order valence-electron chi connectivity index (χ0n) is 13.5. The van der Waals surface area contributed by atoms with Crippen molar-refractivity contribution in [2.24, 2.45) is 0 Å². The smallest absolute Gasteiger partial charge is 0.160 e. The first-order chi connectivity index (χ1) is 10.2. The van der Waals surface area contributed by atoms with Gasteiger partial charge in [-0.1, -0.05) is 39.5 Å². The van der Waals surface area contributed by atoms with Crippen LogP contribution in [0.25, 0.3) is 0 Å². The molecule has 3 rings (SSSR count). The summed E-state index contributed by atoms with van der Waals surface area (Å²) in [6.45, 7) is 6.21. The molecular weight excluding hydrogens is 262 g/mol. The highest BCUT2D eigenvalue weighted by Gasteiger charge is 2.37. The van der Waals surface area contributed by atoms with Crippen LogP contribution in [0, 0.1) is 0 Å². The minimum atomic E-state index is -0.266. The molecule has 0 unspecified atom stereocenters. The fraction of sp³-hybridized carbons (Fsp3) is 0.765. The molecule has 1 fully saturated rings. The summed E-state index contributed by atoms with van der Waals surface area (Å²) in [5.74, 6) is 1.36. The number of methoxy groups -OCH3 is 1. The molecule has 0 aromatic carbocycles. The van der Waals surface area contributed by atoms with Gasteiger partial charge in [0.15, 0.2) is 5.82 Å². The molecule has 4 heteroatoms. The molecular formula is C17H27N3O. The number of hydrogen-bond acceptors (Lipinski definition) is 4. The first-order valence-electron chi connectivity index (χ1n) is 8.32. The summed E-state index contributed by atoms with van der Waals surface area (Å²) in [5.41, 5.74) is 3.44. The largest absolute Gasteiger partial charge is 0.370 e. The maximum absolute atomic E-state index is 5.99. The molecule has 0 amide bonds. The van der Waals surface area contributed by atoms with Gasteiger partial charge in [0, 0.05) is 25.8 Å².